The normalized spacial score (nSPS) is 23.4. The van der Waals surface area contributed by atoms with Crippen molar-refractivity contribution in [3.05, 3.63) is 29.3 Å². The molecule has 0 aliphatic carbocycles. The van der Waals surface area contributed by atoms with Crippen LogP contribution in [-0.2, 0) is 4.74 Å². The molecule has 0 amide bonds. The van der Waals surface area contributed by atoms with Crippen molar-refractivity contribution in [2.75, 3.05) is 25.1 Å². The summed E-state index contributed by atoms with van der Waals surface area (Å²) in [6.45, 7) is 3.33. The van der Waals surface area contributed by atoms with Gasteiger partial charge in [0.15, 0.2) is 0 Å². The first-order valence-electron chi connectivity index (χ1n) is 5.68. The Labute approximate surface area is 101 Å². The molecule has 1 fully saturated rings. The van der Waals surface area contributed by atoms with Gasteiger partial charge in [-0.05, 0) is 24.6 Å². The van der Waals surface area contributed by atoms with Crippen molar-refractivity contribution in [1.82, 2.24) is 0 Å². The zero-order chi connectivity index (χ0) is 12.3. The third kappa shape index (κ3) is 2.76. The van der Waals surface area contributed by atoms with E-state index in [2.05, 4.69) is 11.4 Å². The number of hydrogen-bond donors (Lipinski definition) is 2. The highest BCUT2D eigenvalue weighted by molar-refractivity contribution is 5.58. The number of aryl methyl sites for hydroxylation is 1. The van der Waals surface area contributed by atoms with Crippen molar-refractivity contribution in [3.8, 4) is 6.07 Å². The number of aliphatic hydroxyl groups is 1. The van der Waals surface area contributed by atoms with E-state index in [0.717, 1.165) is 11.3 Å². The van der Waals surface area contributed by atoms with Gasteiger partial charge >= 0.3 is 0 Å². The highest BCUT2D eigenvalue weighted by Crippen LogP contribution is 2.21. The molecule has 4 heteroatoms. The Morgan fingerprint density at radius 1 is 1.59 bits per heavy atom. The van der Waals surface area contributed by atoms with Crippen LogP contribution in [0.15, 0.2) is 18.2 Å². The second-order valence-corrected chi connectivity index (χ2v) is 4.54. The van der Waals surface area contributed by atoms with E-state index in [-0.39, 0.29) is 0 Å². The minimum Gasteiger partial charge on any atom is -0.386 e. The van der Waals surface area contributed by atoms with Gasteiger partial charge in [-0.15, -0.1) is 0 Å². The van der Waals surface area contributed by atoms with E-state index in [1.807, 2.05) is 19.1 Å². The van der Waals surface area contributed by atoms with E-state index < -0.39 is 5.60 Å². The molecular weight excluding hydrogens is 216 g/mol. The van der Waals surface area contributed by atoms with Crippen molar-refractivity contribution in [1.29, 1.82) is 5.26 Å². The fourth-order valence-corrected chi connectivity index (χ4v) is 1.90. The Kier molecular flexibility index (Phi) is 3.32. The molecule has 4 nitrogen and oxygen atoms in total. The SMILES string of the molecule is Cc1ccc(C#N)c(NCC2(O)CCOC2)c1. The number of nitrogens with zero attached hydrogens (tertiary/aromatic N) is 1. The standard InChI is InChI=1S/C13H16N2O2/c1-10-2-3-11(7-14)12(6-10)15-8-13(16)4-5-17-9-13/h2-3,6,15-16H,4-5,8-9H2,1H3. The average molecular weight is 232 g/mol. The van der Waals surface area contributed by atoms with E-state index >= 15 is 0 Å². The number of rotatable bonds is 3. The Morgan fingerprint density at radius 2 is 2.41 bits per heavy atom. The molecule has 1 aliphatic rings. The molecule has 0 saturated carbocycles. The maximum absolute atomic E-state index is 10.1. The first kappa shape index (κ1) is 11.9. The topological polar surface area (TPSA) is 65.3 Å². The maximum atomic E-state index is 10.1. The summed E-state index contributed by atoms with van der Waals surface area (Å²) in [7, 11) is 0. The van der Waals surface area contributed by atoms with Crippen molar-refractivity contribution < 1.29 is 9.84 Å². The maximum Gasteiger partial charge on any atom is 0.107 e. The van der Waals surface area contributed by atoms with E-state index in [0.29, 0.717) is 31.7 Å². The van der Waals surface area contributed by atoms with Crippen LogP contribution in [0.5, 0.6) is 0 Å². The summed E-state index contributed by atoms with van der Waals surface area (Å²) in [4.78, 5) is 0. The molecule has 2 N–H and O–H groups in total. The van der Waals surface area contributed by atoms with Crippen LogP contribution in [0.3, 0.4) is 0 Å². The van der Waals surface area contributed by atoms with Crippen molar-refractivity contribution in [3.63, 3.8) is 0 Å². The molecule has 1 heterocycles. The summed E-state index contributed by atoms with van der Waals surface area (Å²) in [6.07, 6.45) is 0.633. The average Bonchev–Trinajstić information content (AvgIpc) is 2.74. The van der Waals surface area contributed by atoms with Gasteiger partial charge in [-0.1, -0.05) is 6.07 Å². The molecule has 17 heavy (non-hydrogen) atoms. The zero-order valence-corrected chi connectivity index (χ0v) is 9.86. The van der Waals surface area contributed by atoms with Gasteiger partial charge in [0.25, 0.3) is 0 Å². The molecule has 1 aliphatic heterocycles. The molecule has 90 valence electrons. The molecule has 1 saturated heterocycles. The second kappa shape index (κ2) is 4.74. The summed E-state index contributed by atoms with van der Waals surface area (Å²) in [5.74, 6) is 0. The highest BCUT2D eigenvalue weighted by Gasteiger charge is 2.32. The summed E-state index contributed by atoms with van der Waals surface area (Å²) >= 11 is 0. The van der Waals surface area contributed by atoms with Gasteiger partial charge in [-0.25, -0.2) is 0 Å². The summed E-state index contributed by atoms with van der Waals surface area (Å²) in [5.41, 5.74) is 1.64. The third-order valence-electron chi connectivity index (χ3n) is 2.99. The van der Waals surface area contributed by atoms with Gasteiger partial charge in [0.05, 0.1) is 17.9 Å². The molecule has 0 aromatic heterocycles. The molecule has 0 bridgehead atoms. The smallest absolute Gasteiger partial charge is 0.107 e. The number of anilines is 1. The quantitative estimate of drug-likeness (QED) is 0.827. The number of benzene rings is 1. The summed E-state index contributed by atoms with van der Waals surface area (Å²) in [6, 6.07) is 7.73. The first-order chi connectivity index (χ1) is 8.13. The Hall–Kier alpha value is -1.57. The van der Waals surface area contributed by atoms with Gasteiger partial charge < -0.3 is 15.2 Å². The molecule has 1 atom stereocenters. The van der Waals surface area contributed by atoms with E-state index in [4.69, 9.17) is 10.00 Å². The lowest BCUT2D eigenvalue weighted by molar-refractivity contribution is 0.0382. The van der Waals surface area contributed by atoms with E-state index in [1.54, 1.807) is 6.07 Å². The van der Waals surface area contributed by atoms with Crippen LogP contribution in [0.1, 0.15) is 17.5 Å². The Bertz CT molecular complexity index is 445. The van der Waals surface area contributed by atoms with Crippen LogP contribution in [0.25, 0.3) is 0 Å². The largest absolute Gasteiger partial charge is 0.386 e. The fraction of sp³-hybridized carbons (Fsp3) is 0.462. The van der Waals surface area contributed by atoms with Crippen LogP contribution in [0, 0.1) is 18.3 Å². The predicted molar refractivity (Wildman–Crippen MR) is 64.8 cm³/mol. The first-order valence-corrected chi connectivity index (χ1v) is 5.68. The number of nitrogens with one attached hydrogen (secondary N) is 1. The van der Waals surface area contributed by atoms with Crippen LogP contribution in [0.4, 0.5) is 5.69 Å². The lowest BCUT2D eigenvalue weighted by Crippen LogP contribution is -2.37. The van der Waals surface area contributed by atoms with Crippen LogP contribution in [-0.4, -0.2) is 30.5 Å². The molecule has 0 radical (unpaired) electrons. The van der Waals surface area contributed by atoms with Gasteiger partial charge in [-0.3, -0.25) is 0 Å². The fourth-order valence-electron chi connectivity index (χ4n) is 1.90. The Morgan fingerprint density at radius 3 is 3.06 bits per heavy atom. The van der Waals surface area contributed by atoms with E-state index in [9.17, 15) is 5.11 Å². The third-order valence-corrected chi connectivity index (χ3v) is 2.99. The Balaban J connectivity index is 2.08. The molecule has 1 aromatic carbocycles. The summed E-state index contributed by atoms with van der Waals surface area (Å²) in [5, 5.41) is 22.2. The van der Waals surface area contributed by atoms with Gasteiger partial charge in [0.2, 0.25) is 0 Å². The number of ether oxygens (including phenoxy) is 1. The van der Waals surface area contributed by atoms with Crippen LogP contribution < -0.4 is 5.32 Å². The van der Waals surface area contributed by atoms with Crippen LogP contribution in [0.2, 0.25) is 0 Å². The van der Waals surface area contributed by atoms with Crippen molar-refractivity contribution in [2.45, 2.75) is 18.9 Å². The van der Waals surface area contributed by atoms with Gasteiger partial charge in [0.1, 0.15) is 11.7 Å². The van der Waals surface area contributed by atoms with Crippen molar-refractivity contribution in [2.24, 2.45) is 0 Å². The molecule has 1 aromatic rings. The number of hydrogen-bond acceptors (Lipinski definition) is 4. The summed E-state index contributed by atoms with van der Waals surface area (Å²) < 4.78 is 5.17. The zero-order valence-electron chi connectivity index (χ0n) is 9.86. The van der Waals surface area contributed by atoms with Crippen LogP contribution >= 0.6 is 0 Å². The lowest BCUT2D eigenvalue weighted by atomic mass is 10.0. The molecule has 2 rings (SSSR count). The minimum atomic E-state index is -0.809. The van der Waals surface area contributed by atoms with Gasteiger partial charge in [-0.2, -0.15) is 5.26 Å². The number of nitriles is 1. The highest BCUT2D eigenvalue weighted by atomic mass is 16.5. The minimum absolute atomic E-state index is 0.355. The molecule has 1 unspecified atom stereocenters. The molecular formula is C13H16N2O2. The van der Waals surface area contributed by atoms with Gasteiger partial charge in [0, 0.05) is 19.6 Å². The van der Waals surface area contributed by atoms with Crippen molar-refractivity contribution >= 4 is 5.69 Å². The second-order valence-electron chi connectivity index (χ2n) is 4.54. The lowest BCUT2D eigenvalue weighted by Gasteiger charge is -2.21. The molecule has 0 spiro atoms. The van der Waals surface area contributed by atoms with E-state index in [1.165, 1.54) is 0 Å². The predicted octanol–water partition coefficient (Wildman–Crippen LogP) is 1.43. The monoisotopic (exact) mass is 232 g/mol.